The molecule has 1 aliphatic rings. The largest absolute Gasteiger partial charge is 0.394 e. The van der Waals surface area contributed by atoms with E-state index in [1.807, 2.05) is 6.92 Å². The van der Waals surface area contributed by atoms with E-state index < -0.39 is 6.17 Å². The van der Waals surface area contributed by atoms with Crippen LogP contribution in [0, 0.1) is 0 Å². The van der Waals surface area contributed by atoms with Gasteiger partial charge >= 0.3 is 0 Å². The van der Waals surface area contributed by atoms with E-state index in [0.29, 0.717) is 24.3 Å². The average molecular weight is 281 g/mol. The van der Waals surface area contributed by atoms with E-state index in [2.05, 4.69) is 10.3 Å². The molecule has 2 heterocycles. The Balaban J connectivity index is 2.06. The number of nitrogens with one attached hydrogen (secondary N) is 1. The predicted molar refractivity (Wildman–Crippen MR) is 74.6 cm³/mol. The molecule has 1 aromatic heterocycles. The highest BCUT2D eigenvalue weighted by Gasteiger charge is 2.32. The van der Waals surface area contributed by atoms with Gasteiger partial charge in [0.2, 0.25) is 0 Å². The summed E-state index contributed by atoms with van der Waals surface area (Å²) in [6.45, 7) is 2.75. The molecule has 2 rings (SSSR count). The molecular weight excluding hydrogens is 261 g/mol. The number of carbonyl (C=O) groups is 1. The van der Waals surface area contributed by atoms with Crippen molar-refractivity contribution in [1.82, 2.24) is 10.3 Å². The van der Waals surface area contributed by atoms with Gasteiger partial charge in [0.15, 0.2) is 0 Å². The van der Waals surface area contributed by atoms with Gasteiger partial charge in [-0.05, 0) is 18.6 Å². The molecule has 0 aliphatic carbocycles. The van der Waals surface area contributed by atoms with E-state index in [1.54, 1.807) is 17.0 Å². The van der Waals surface area contributed by atoms with Gasteiger partial charge < -0.3 is 15.3 Å². The summed E-state index contributed by atoms with van der Waals surface area (Å²) in [6.07, 6.45) is 1.74. The van der Waals surface area contributed by atoms with Crippen molar-refractivity contribution in [3.05, 3.63) is 23.9 Å². The van der Waals surface area contributed by atoms with E-state index in [4.69, 9.17) is 0 Å². The first kappa shape index (κ1) is 14.7. The minimum atomic E-state index is -0.943. The molecule has 0 unspecified atom stereocenters. The van der Waals surface area contributed by atoms with Crippen molar-refractivity contribution < 1.29 is 14.3 Å². The Morgan fingerprint density at radius 3 is 3.00 bits per heavy atom. The quantitative estimate of drug-likeness (QED) is 0.849. The number of hydrogen-bond donors (Lipinski definition) is 2. The molecule has 1 aromatic rings. The molecule has 20 heavy (non-hydrogen) atoms. The SMILES string of the molecule is CCCNC(=O)c1ccc(N2C[C@@H](F)C[C@H]2CO)nc1. The molecule has 6 heteroatoms. The van der Waals surface area contributed by atoms with Gasteiger partial charge in [-0.25, -0.2) is 9.37 Å². The Kier molecular flexibility index (Phi) is 4.89. The number of hydrogen-bond acceptors (Lipinski definition) is 4. The fourth-order valence-electron chi connectivity index (χ4n) is 2.34. The smallest absolute Gasteiger partial charge is 0.252 e. The lowest BCUT2D eigenvalue weighted by atomic mass is 10.2. The van der Waals surface area contributed by atoms with Crippen LogP contribution in [0.2, 0.25) is 0 Å². The van der Waals surface area contributed by atoms with Gasteiger partial charge in [0.05, 0.1) is 24.8 Å². The number of pyridine rings is 1. The highest BCUT2D eigenvalue weighted by molar-refractivity contribution is 5.94. The van der Waals surface area contributed by atoms with Crippen molar-refractivity contribution in [2.45, 2.75) is 32.0 Å². The summed E-state index contributed by atoms with van der Waals surface area (Å²) in [5.74, 6) is 0.436. The second-order valence-corrected chi connectivity index (χ2v) is 4.98. The molecule has 1 aliphatic heterocycles. The Morgan fingerprint density at radius 1 is 1.60 bits per heavy atom. The Bertz CT molecular complexity index is 452. The van der Waals surface area contributed by atoms with Crippen LogP contribution in [-0.2, 0) is 0 Å². The number of alkyl halides is 1. The zero-order valence-electron chi connectivity index (χ0n) is 11.6. The Hall–Kier alpha value is -1.69. The predicted octanol–water partition coefficient (Wildman–Crippen LogP) is 1.13. The van der Waals surface area contributed by atoms with E-state index in [-0.39, 0.29) is 25.1 Å². The lowest BCUT2D eigenvalue weighted by Gasteiger charge is -2.23. The lowest BCUT2D eigenvalue weighted by Crippen LogP contribution is -2.33. The van der Waals surface area contributed by atoms with E-state index in [0.717, 1.165) is 6.42 Å². The normalized spacial score (nSPS) is 22.1. The molecule has 0 spiro atoms. The first-order chi connectivity index (χ1) is 9.65. The summed E-state index contributed by atoms with van der Waals surface area (Å²) in [5.41, 5.74) is 0.485. The molecule has 5 nitrogen and oxygen atoms in total. The number of halogens is 1. The van der Waals surface area contributed by atoms with E-state index in [1.165, 1.54) is 6.20 Å². The number of carbonyl (C=O) groups excluding carboxylic acids is 1. The summed E-state index contributed by atoms with van der Waals surface area (Å²) in [4.78, 5) is 17.7. The van der Waals surface area contributed by atoms with Crippen molar-refractivity contribution in [1.29, 1.82) is 0 Å². The molecule has 110 valence electrons. The number of nitrogens with zero attached hydrogens (tertiary/aromatic N) is 2. The highest BCUT2D eigenvalue weighted by atomic mass is 19.1. The average Bonchev–Trinajstić information content (AvgIpc) is 2.86. The van der Waals surface area contributed by atoms with Gasteiger partial charge in [0, 0.05) is 19.2 Å². The topological polar surface area (TPSA) is 65.5 Å². The van der Waals surface area contributed by atoms with Crippen LogP contribution < -0.4 is 10.2 Å². The summed E-state index contributed by atoms with van der Waals surface area (Å²) >= 11 is 0. The van der Waals surface area contributed by atoms with Gasteiger partial charge in [0.25, 0.3) is 5.91 Å². The Morgan fingerprint density at radius 2 is 2.40 bits per heavy atom. The maximum absolute atomic E-state index is 13.4. The number of rotatable bonds is 5. The van der Waals surface area contributed by atoms with Crippen LogP contribution in [0.1, 0.15) is 30.1 Å². The van der Waals surface area contributed by atoms with Crippen LogP contribution in [0.25, 0.3) is 0 Å². The minimum Gasteiger partial charge on any atom is -0.394 e. The summed E-state index contributed by atoms with van der Waals surface area (Å²) in [5, 5.41) is 12.0. The van der Waals surface area contributed by atoms with Crippen molar-refractivity contribution in [2.24, 2.45) is 0 Å². The third kappa shape index (κ3) is 3.25. The number of aliphatic hydroxyl groups excluding tert-OH is 1. The molecule has 0 saturated carbocycles. The number of amides is 1. The molecule has 2 atom stereocenters. The van der Waals surface area contributed by atoms with Crippen molar-refractivity contribution in [2.75, 3.05) is 24.6 Å². The first-order valence-corrected chi connectivity index (χ1v) is 6.91. The fraction of sp³-hybridized carbons (Fsp3) is 0.571. The van der Waals surface area contributed by atoms with E-state index in [9.17, 15) is 14.3 Å². The summed E-state index contributed by atoms with van der Waals surface area (Å²) < 4.78 is 13.4. The van der Waals surface area contributed by atoms with E-state index >= 15 is 0 Å². The lowest BCUT2D eigenvalue weighted by molar-refractivity contribution is 0.0953. The zero-order valence-corrected chi connectivity index (χ0v) is 11.6. The second kappa shape index (κ2) is 6.65. The van der Waals surface area contributed by atoms with Gasteiger partial charge in [-0.15, -0.1) is 0 Å². The number of aliphatic hydroxyl groups is 1. The second-order valence-electron chi connectivity index (χ2n) is 4.98. The van der Waals surface area contributed by atoms with Crippen LogP contribution in [0.15, 0.2) is 18.3 Å². The van der Waals surface area contributed by atoms with Gasteiger partial charge in [-0.2, -0.15) is 0 Å². The van der Waals surface area contributed by atoms with Crippen LogP contribution in [0.5, 0.6) is 0 Å². The van der Waals surface area contributed by atoms with Crippen molar-refractivity contribution in [3.63, 3.8) is 0 Å². The third-order valence-electron chi connectivity index (χ3n) is 3.41. The molecule has 0 bridgehead atoms. The van der Waals surface area contributed by atoms with Crippen LogP contribution in [0.3, 0.4) is 0 Å². The number of anilines is 1. The highest BCUT2D eigenvalue weighted by Crippen LogP contribution is 2.25. The zero-order chi connectivity index (χ0) is 14.5. The van der Waals surface area contributed by atoms with Crippen molar-refractivity contribution >= 4 is 11.7 Å². The molecule has 2 N–H and O–H groups in total. The fourth-order valence-corrected chi connectivity index (χ4v) is 2.34. The monoisotopic (exact) mass is 281 g/mol. The third-order valence-corrected chi connectivity index (χ3v) is 3.41. The molecular formula is C14H20FN3O2. The minimum absolute atomic E-state index is 0.0964. The summed E-state index contributed by atoms with van der Waals surface area (Å²) in [7, 11) is 0. The van der Waals surface area contributed by atoms with Gasteiger partial charge in [-0.3, -0.25) is 4.79 Å². The molecule has 0 aromatic carbocycles. The molecule has 0 radical (unpaired) electrons. The molecule has 1 fully saturated rings. The van der Waals surface area contributed by atoms with Crippen molar-refractivity contribution in [3.8, 4) is 0 Å². The molecule has 1 saturated heterocycles. The van der Waals surface area contributed by atoms with Gasteiger partial charge in [-0.1, -0.05) is 6.92 Å². The summed E-state index contributed by atoms with van der Waals surface area (Å²) in [6, 6.07) is 3.13. The number of aromatic nitrogens is 1. The van der Waals surface area contributed by atoms with Crippen LogP contribution in [0.4, 0.5) is 10.2 Å². The molecule has 1 amide bonds. The maximum Gasteiger partial charge on any atom is 0.252 e. The Labute approximate surface area is 117 Å². The van der Waals surface area contributed by atoms with Crippen LogP contribution >= 0.6 is 0 Å². The first-order valence-electron chi connectivity index (χ1n) is 6.91. The van der Waals surface area contributed by atoms with Gasteiger partial charge in [0.1, 0.15) is 12.0 Å². The standard InChI is InChI=1S/C14H20FN3O2/c1-2-5-16-14(20)10-3-4-13(17-7-10)18-8-11(15)6-12(18)9-19/h3-4,7,11-12,19H,2,5-6,8-9H2,1H3,(H,16,20)/t11-,12-/m0/s1. The maximum atomic E-state index is 13.4. The van der Waals surface area contributed by atoms with Crippen LogP contribution in [-0.4, -0.2) is 47.9 Å².